The van der Waals surface area contributed by atoms with E-state index < -0.39 is 0 Å². The Hall–Kier alpha value is 0.557. The monoisotopic (exact) mass is 110 g/mol. The Kier molecular flexibility index (Phi) is 14.9. The Morgan fingerprint density at radius 1 is 1.25 bits per heavy atom. The standard InChI is InChI=1S/C6H14O.Li.H/c1-2-3-4-5-6-7;;/h7H,2-6H2,1H3;;/q;+1;-1. The zero-order chi connectivity index (χ0) is 5.54. The SMILES string of the molecule is CCCCCCO.[H-].[Li+]. The average Bonchev–Trinajstić information content (AvgIpc) is 1.69. The first-order valence-corrected chi connectivity index (χ1v) is 3.02. The van der Waals surface area contributed by atoms with Crippen LogP contribution in [0.5, 0.6) is 0 Å². The molecule has 0 aromatic rings. The van der Waals surface area contributed by atoms with Gasteiger partial charge in [0.05, 0.1) is 0 Å². The molecule has 0 aliphatic carbocycles. The summed E-state index contributed by atoms with van der Waals surface area (Å²) in [6.45, 7) is 2.53. The van der Waals surface area contributed by atoms with Crippen LogP contribution in [0.4, 0.5) is 0 Å². The molecule has 0 aromatic heterocycles. The third-order valence-electron chi connectivity index (χ3n) is 1.01. The van der Waals surface area contributed by atoms with Crippen LogP contribution < -0.4 is 18.9 Å². The molecule has 0 fully saturated rings. The Labute approximate surface area is 65.1 Å². The van der Waals surface area contributed by atoms with Gasteiger partial charge < -0.3 is 6.53 Å². The minimum atomic E-state index is 0. The van der Waals surface area contributed by atoms with Gasteiger partial charge in [-0.25, -0.2) is 0 Å². The maximum absolute atomic E-state index is 8.29. The van der Waals surface area contributed by atoms with E-state index in [1.54, 1.807) is 0 Å². The first-order valence-electron chi connectivity index (χ1n) is 3.02. The molecule has 8 heavy (non-hydrogen) atoms. The van der Waals surface area contributed by atoms with E-state index in [9.17, 15) is 0 Å². The predicted molar refractivity (Wildman–Crippen MR) is 32.3 cm³/mol. The molecule has 0 aliphatic heterocycles. The summed E-state index contributed by atoms with van der Waals surface area (Å²) in [5.74, 6) is 0. The molecule has 0 radical (unpaired) electrons. The van der Waals surface area contributed by atoms with Crippen LogP contribution in [0.25, 0.3) is 0 Å². The largest absolute Gasteiger partial charge is 1.00 e. The number of hydrogen-bond acceptors (Lipinski definition) is 1. The molecule has 0 saturated heterocycles. The second-order valence-corrected chi connectivity index (χ2v) is 1.78. The zero-order valence-electron chi connectivity index (χ0n) is 6.98. The van der Waals surface area contributed by atoms with E-state index in [-0.39, 0.29) is 20.3 Å². The number of unbranched alkanes of at least 4 members (excludes halogenated alkanes) is 3. The molecule has 0 heterocycles. The fourth-order valence-corrected chi connectivity index (χ4v) is 0.539. The van der Waals surface area contributed by atoms with Crippen molar-refractivity contribution < 1.29 is 25.4 Å². The van der Waals surface area contributed by atoms with Crippen molar-refractivity contribution in [2.75, 3.05) is 6.61 Å². The molecule has 2 heteroatoms. The molecule has 0 unspecified atom stereocenters. The molecule has 0 rings (SSSR count). The second-order valence-electron chi connectivity index (χ2n) is 1.78. The summed E-state index contributed by atoms with van der Waals surface area (Å²) >= 11 is 0. The fraction of sp³-hybridized carbons (Fsp3) is 1.00. The number of aliphatic hydroxyl groups excluding tert-OH is 1. The molecule has 1 nitrogen and oxygen atoms in total. The summed E-state index contributed by atoms with van der Waals surface area (Å²) in [6.07, 6.45) is 4.68. The van der Waals surface area contributed by atoms with Gasteiger partial charge in [-0.3, -0.25) is 0 Å². The second kappa shape index (κ2) is 10.5. The Morgan fingerprint density at radius 3 is 2.25 bits per heavy atom. The number of hydrogen-bond donors (Lipinski definition) is 1. The van der Waals surface area contributed by atoms with Crippen molar-refractivity contribution in [3.63, 3.8) is 0 Å². The molecule has 1 N–H and O–H groups in total. The molecule has 0 aromatic carbocycles. The normalized spacial score (nSPS) is 8.25. The molecule has 0 aliphatic rings. The van der Waals surface area contributed by atoms with E-state index in [0.29, 0.717) is 6.61 Å². The third kappa shape index (κ3) is 9.75. The maximum Gasteiger partial charge on any atom is 1.00 e. The van der Waals surface area contributed by atoms with Gasteiger partial charge in [-0.15, -0.1) is 0 Å². The Bertz CT molecular complexity index is 32.2. The van der Waals surface area contributed by atoms with Gasteiger partial charge in [0.2, 0.25) is 0 Å². The molecule has 0 bridgehead atoms. The molecular weight excluding hydrogens is 95.0 g/mol. The van der Waals surface area contributed by atoms with Crippen molar-refractivity contribution in [2.24, 2.45) is 0 Å². The fourth-order valence-electron chi connectivity index (χ4n) is 0.539. The van der Waals surface area contributed by atoms with Gasteiger partial charge in [-0.05, 0) is 6.42 Å². The van der Waals surface area contributed by atoms with E-state index in [4.69, 9.17) is 5.11 Å². The molecular formula is C6H15LiO. The third-order valence-corrected chi connectivity index (χ3v) is 1.01. The molecule has 0 saturated carbocycles. The summed E-state index contributed by atoms with van der Waals surface area (Å²) in [7, 11) is 0. The quantitative estimate of drug-likeness (QED) is 0.351. The topological polar surface area (TPSA) is 20.2 Å². The molecule has 0 spiro atoms. The van der Waals surface area contributed by atoms with Crippen LogP contribution >= 0.6 is 0 Å². The Morgan fingerprint density at radius 2 is 1.88 bits per heavy atom. The van der Waals surface area contributed by atoms with Gasteiger partial charge in [-0.2, -0.15) is 0 Å². The van der Waals surface area contributed by atoms with Crippen molar-refractivity contribution in [1.82, 2.24) is 0 Å². The van der Waals surface area contributed by atoms with Gasteiger partial charge in [0.1, 0.15) is 0 Å². The summed E-state index contributed by atoms with van der Waals surface area (Å²) in [5, 5.41) is 8.29. The van der Waals surface area contributed by atoms with Crippen LogP contribution in [0.2, 0.25) is 0 Å². The minimum Gasteiger partial charge on any atom is -1.00 e. The molecule has 0 amide bonds. The first kappa shape index (κ1) is 11.4. The number of aliphatic hydroxyl groups is 1. The van der Waals surface area contributed by atoms with Gasteiger partial charge in [0.15, 0.2) is 0 Å². The van der Waals surface area contributed by atoms with Gasteiger partial charge in [0, 0.05) is 6.61 Å². The zero-order valence-corrected chi connectivity index (χ0v) is 5.98. The van der Waals surface area contributed by atoms with Crippen LogP contribution in [0.3, 0.4) is 0 Å². The van der Waals surface area contributed by atoms with E-state index >= 15 is 0 Å². The summed E-state index contributed by atoms with van der Waals surface area (Å²) in [6, 6.07) is 0. The summed E-state index contributed by atoms with van der Waals surface area (Å²) in [5.41, 5.74) is 0. The van der Waals surface area contributed by atoms with E-state index in [1.165, 1.54) is 19.3 Å². The smallest absolute Gasteiger partial charge is 1.00 e. The van der Waals surface area contributed by atoms with Crippen LogP contribution in [-0.4, -0.2) is 11.7 Å². The van der Waals surface area contributed by atoms with Crippen LogP contribution in [-0.2, 0) is 0 Å². The maximum atomic E-state index is 8.29. The van der Waals surface area contributed by atoms with E-state index in [1.807, 2.05) is 0 Å². The molecule has 0 atom stereocenters. The summed E-state index contributed by atoms with van der Waals surface area (Å²) in [4.78, 5) is 0. The number of rotatable bonds is 4. The van der Waals surface area contributed by atoms with Gasteiger partial charge in [-0.1, -0.05) is 26.2 Å². The van der Waals surface area contributed by atoms with Crippen LogP contribution in [0.15, 0.2) is 0 Å². The minimum absolute atomic E-state index is 0. The summed E-state index contributed by atoms with van der Waals surface area (Å²) < 4.78 is 0. The predicted octanol–water partition coefficient (Wildman–Crippen LogP) is -1.32. The Balaban J connectivity index is -0.000000180. The van der Waals surface area contributed by atoms with Crippen molar-refractivity contribution in [1.29, 1.82) is 0 Å². The van der Waals surface area contributed by atoms with Gasteiger partial charge in [0.25, 0.3) is 0 Å². The van der Waals surface area contributed by atoms with Crippen LogP contribution in [0.1, 0.15) is 34.0 Å². The van der Waals surface area contributed by atoms with E-state index in [0.717, 1.165) is 6.42 Å². The van der Waals surface area contributed by atoms with E-state index in [2.05, 4.69) is 6.92 Å². The van der Waals surface area contributed by atoms with Crippen LogP contribution in [0, 0.1) is 0 Å². The van der Waals surface area contributed by atoms with Crippen molar-refractivity contribution in [3.8, 4) is 0 Å². The van der Waals surface area contributed by atoms with Gasteiger partial charge >= 0.3 is 18.9 Å². The molecule has 46 valence electrons. The first-order chi connectivity index (χ1) is 3.41. The van der Waals surface area contributed by atoms with Crippen molar-refractivity contribution in [2.45, 2.75) is 32.6 Å². The average molecular weight is 110 g/mol. The van der Waals surface area contributed by atoms with Crippen molar-refractivity contribution >= 4 is 0 Å². The van der Waals surface area contributed by atoms with Crippen molar-refractivity contribution in [3.05, 3.63) is 0 Å².